The summed E-state index contributed by atoms with van der Waals surface area (Å²) in [7, 11) is 1.95. The van der Waals surface area contributed by atoms with Gasteiger partial charge in [0, 0.05) is 12.0 Å². The fourth-order valence-electron chi connectivity index (χ4n) is 1.82. The van der Waals surface area contributed by atoms with Crippen LogP contribution in [0.25, 0.3) is 0 Å². The highest BCUT2D eigenvalue weighted by Crippen LogP contribution is 2.23. The molecule has 2 N–H and O–H groups in total. The van der Waals surface area contributed by atoms with Crippen molar-refractivity contribution in [2.45, 2.75) is 31.7 Å². The number of nitrogens with zero attached hydrogens (tertiary/aromatic N) is 2. The second-order valence-electron chi connectivity index (χ2n) is 4.27. The third-order valence-corrected chi connectivity index (χ3v) is 2.84. The minimum Gasteiger partial charge on any atom is -0.379 e. The molecule has 1 aliphatic rings. The van der Waals surface area contributed by atoms with Crippen LogP contribution in [-0.2, 0) is 4.74 Å². The molecule has 0 spiro atoms. The van der Waals surface area contributed by atoms with Gasteiger partial charge in [-0.05, 0) is 7.05 Å². The van der Waals surface area contributed by atoms with Crippen LogP contribution in [0.15, 0.2) is 0 Å². The van der Waals surface area contributed by atoms with E-state index in [1.165, 1.54) is 0 Å². The molecule has 5 nitrogen and oxygen atoms in total. The van der Waals surface area contributed by atoms with Crippen molar-refractivity contribution in [3.8, 4) is 0 Å². The van der Waals surface area contributed by atoms with Gasteiger partial charge in [-0.3, -0.25) is 5.10 Å². The van der Waals surface area contributed by atoms with Crippen LogP contribution in [0.5, 0.6) is 0 Å². The first-order chi connectivity index (χ1) is 7.22. The number of H-pyrrole nitrogens is 1. The lowest BCUT2D eigenvalue weighted by Gasteiger charge is -2.13. The molecule has 15 heavy (non-hydrogen) atoms. The number of ether oxygens (including phenoxy) is 1. The van der Waals surface area contributed by atoms with Gasteiger partial charge in [-0.15, -0.1) is 0 Å². The van der Waals surface area contributed by atoms with Crippen LogP contribution in [0.1, 0.15) is 37.3 Å². The third-order valence-electron chi connectivity index (χ3n) is 2.84. The van der Waals surface area contributed by atoms with E-state index in [2.05, 4.69) is 34.3 Å². The maximum atomic E-state index is 5.43. The van der Waals surface area contributed by atoms with E-state index in [9.17, 15) is 0 Å². The van der Waals surface area contributed by atoms with Crippen molar-refractivity contribution >= 4 is 0 Å². The van der Waals surface area contributed by atoms with E-state index in [1.807, 2.05) is 7.05 Å². The summed E-state index contributed by atoms with van der Waals surface area (Å²) in [6, 6.07) is 0.345. The molecule has 0 bridgehead atoms. The molecule has 1 saturated heterocycles. The zero-order chi connectivity index (χ0) is 10.8. The van der Waals surface area contributed by atoms with E-state index in [0.29, 0.717) is 17.9 Å². The van der Waals surface area contributed by atoms with Gasteiger partial charge in [-0.1, -0.05) is 13.8 Å². The van der Waals surface area contributed by atoms with E-state index in [-0.39, 0.29) is 0 Å². The average Bonchev–Trinajstić information content (AvgIpc) is 2.85. The molecule has 0 saturated carbocycles. The molecular weight excluding hydrogens is 192 g/mol. The predicted molar refractivity (Wildman–Crippen MR) is 56.9 cm³/mol. The quantitative estimate of drug-likeness (QED) is 0.768. The van der Waals surface area contributed by atoms with Crippen molar-refractivity contribution in [3.05, 3.63) is 11.6 Å². The molecule has 2 unspecified atom stereocenters. The summed E-state index contributed by atoms with van der Waals surface area (Å²) in [4.78, 5) is 4.50. The maximum Gasteiger partial charge on any atom is 0.153 e. The lowest BCUT2D eigenvalue weighted by Crippen LogP contribution is -2.31. The summed E-state index contributed by atoms with van der Waals surface area (Å²) in [5, 5.41) is 10.5. The fourth-order valence-corrected chi connectivity index (χ4v) is 1.82. The number of aromatic amines is 1. The van der Waals surface area contributed by atoms with Crippen LogP contribution < -0.4 is 5.32 Å². The van der Waals surface area contributed by atoms with Crippen LogP contribution in [0.4, 0.5) is 0 Å². The molecule has 1 aromatic rings. The molecule has 1 fully saturated rings. The largest absolute Gasteiger partial charge is 0.379 e. The summed E-state index contributed by atoms with van der Waals surface area (Å²) in [5.74, 6) is 2.49. The summed E-state index contributed by atoms with van der Waals surface area (Å²) in [6.07, 6.45) is 0. The molecule has 2 heterocycles. The number of nitrogens with one attached hydrogen (secondary N) is 2. The minimum atomic E-state index is 0.301. The molecule has 0 aromatic carbocycles. The van der Waals surface area contributed by atoms with Crippen LogP contribution in [-0.4, -0.2) is 41.5 Å². The number of aromatic nitrogens is 3. The molecular formula is C10H18N4O. The summed E-state index contributed by atoms with van der Waals surface area (Å²) >= 11 is 0. The minimum absolute atomic E-state index is 0.301. The average molecular weight is 210 g/mol. The predicted octanol–water partition coefficient (Wildman–Crippen LogP) is 0.630. The highest BCUT2D eigenvalue weighted by molar-refractivity contribution is 5.06. The molecule has 0 aliphatic carbocycles. The van der Waals surface area contributed by atoms with Crippen molar-refractivity contribution in [2.75, 3.05) is 20.3 Å². The number of rotatable bonds is 3. The zero-order valence-electron chi connectivity index (χ0n) is 9.45. The molecule has 2 atom stereocenters. The Bertz CT molecular complexity index is 323. The second-order valence-corrected chi connectivity index (χ2v) is 4.27. The molecule has 1 aliphatic heterocycles. The Morgan fingerprint density at radius 2 is 2.27 bits per heavy atom. The van der Waals surface area contributed by atoms with Gasteiger partial charge >= 0.3 is 0 Å². The monoisotopic (exact) mass is 210 g/mol. The third kappa shape index (κ3) is 2.03. The van der Waals surface area contributed by atoms with Gasteiger partial charge in [0.2, 0.25) is 0 Å². The fraction of sp³-hybridized carbons (Fsp3) is 0.800. The van der Waals surface area contributed by atoms with Crippen molar-refractivity contribution in [2.24, 2.45) is 0 Å². The van der Waals surface area contributed by atoms with Gasteiger partial charge in [-0.25, -0.2) is 4.98 Å². The molecule has 0 radical (unpaired) electrons. The number of likely N-dealkylation sites (N-methyl/N-ethyl adjacent to an activating group) is 1. The van der Waals surface area contributed by atoms with Crippen molar-refractivity contribution in [1.82, 2.24) is 20.5 Å². The normalized spacial score (nSPS) is 26.4. The first kappa shape index (κ1) is 10.6. The number of hydrogen-bond donors (Lipinski definition) is 2. The Labute approximate surface area is 89.6 Å². The van der Waals surface area contributed by atoms with E-state index < -0.39 is 0 Å². The molecule has 1 aromatic heterocycles. The van der Waals surface area contributed by atoms with Crippen LogP contribution >= 0.6 is 0 Å². The van der Waals surface area contributed by atoms with Crippen LogP contribution in [0.3, 0.4) is 0 Å². The Morgan fingerprint density at radius 1 is 1.47 bits per heavy atom. The molecule has 5 heteroatoms. The van der Waals surface area contributed by atoms with E-state index >= 15 is 0 Å². The topological polar surface area (TPSA) is 62.8 Å². The van der Waals surface area contributed by atoms with Crippen molar-refractivity contribution in [1.29, 1.82) is 0 Å². The Hall–Kier alpha value is -0.940. The van der Waals surface area contributed by atoms with E-state index in [1.54, 1.807) is 0 Å². The maximum absolute atomic E-state index is 5.43. The van der Waals surface area contributed by atoms with Gasteiger partial charge in [0.05, 0.1) is 19.1 Å². The first-order valence-electron chi connectivity index (χ1n) is 5.39. The Morgan fingerprint density at radius 3 is 2.87 bits per heavy atom. The van der Waals surface area contributed by atoms with Gasteiger partial charge in [-0.2, -0.15) is 5.10 Å². The summed E-state index contributed by atoms with van der Waals surface area (Å²) < 4.78 is 5.43. The van der Waals surface area contributed by atoms with Gasteiger partial charge in [0.1, 0.15) is 5.82 Å². The lowest BCUT2D eigenvalue weighted by molar-refractivity contribution is 0.188. The lowest BCUT2D eigenvalue weighted by atomic mass is 10.0. The summed E-state index contributed by atoms with van der Waals surface area (Å²) in [6.45, 7) is 5.65. The van der Waals surface area contributed by atoms with E-state index in [0.717, 1.165) is 24.9 Å². The standard InChI is InChI=1S/C10H18N4O/c1-6(2)9-12-10(14-13-9)7-4-15-5-8(7)11-3/h6-8,11H,4-5H2,1-3H3,(H,12,13,14). The van der Waals surface area contributed by atoms with Crippen LogP contribution in [0, 0.1) is 0 Å². The van der Waals surface area contributed by atoms with E-state index in [4.69, 9.17) is 4.74 Å². The van der Waals surface area contributed by atoms with Gasteiger partial charge in [0.15, 0.2) is 5.82 Å². The molecule has 84 valence electrons. The van der Waals surface area contributed by atoms with Gasteiger partial charge < -0.3 is 10.1 Å². The highest BCUT2D eigenvalue weighted by atomic mass is 16.5. The number of hydrogen-bond acceptors (Lipinski definition) is 4. The van der Waals surface area contributed by atoms with Crippen molar-refractivity contribution < 1.29 is 4.74 Å². The Kier molecular flexibility index (Phi) is 3.02. The first-order valence-corrected chi connectivity index (χ1v) is 5.39. The second kappa shape index (κ2) is 4.28. The molecule has 2 rings (SSSR count). The van der Waals surface area contributed by atoms with Gasteiger partial charge in [0.25, 0.3) is 0 Å². The van der Waals surface area contributed by atoms with Crippen molar-refractivity contribution in [3.63, 3.8) is 0 Å². The molecule has 0 amide bonds. The summed E-state index contributed by atoms with van der Waals surface area (Å²) in [5.41, 5.74) is 0. The zero-order valence-corrected chi connectivity index (χ0v) is 9.45. The SMILES string of the molecule is CNC1COCC1c1nc(C(C)C)n[nH]1. The Balaban J connectivity index is 2.14. The van der Waals surface area contributed by atoms with Crippen LogP contribution in [0.2, 0.25) is 0 Å². The highest BCUT2D eigenvalue weighted by Gasteiger charge is 2.31. The smallest absolute Gasteiger partial charge is 0.153 e.